The lowest BCUT2D eigenvalue weighted by Crippen LogP contribution is -2.60. The van der Waals surface area contributed by atoms with Gasteiger partial charge in [0.1, 0.15) is 41.9 Å². The van der Waals surface area contributed by atoms with E-state index in [4.69, 9.17) is 25.8 Å². The molecule has 3 saturated heterocycles. The fraction of sp³-hybridized carbons (Fsp3) is 0.341. The number of quaternary nitrogens is 1. The molecule has 302 valence electrons. The number of aromatic nitrogens is 1. The van der Waals surface area contributed by atoms with Gasteiger partial charge >= 0.3 is 6.09 Å². The number of carbonyl (C=O) groups is 2. The van der Waals surface area contributed by atoms with Crippen LogP contribution in [0.15, 0.2) is 89.7 Å². The van der Waals surface area contributed by atoms with Crippen molar-refractivity contribution in [1.29, 1.82) is 0 Å². The lowest BCUT2D eigenvalue weighted by Gasteiger charge is -2.45. The van der Waals surface area contributed by atoms with E-state index in [0.717, 1.165) is 34.0 Å². The highest BCUT2D eigenvalue weighted by Crippen LogP contribution is 2.51. The van der Waals surface area contributed by atoms with E-state index in [1.54, 1.807) is 24.3 Å². The van der Waals surface area contributed by atoms with Gasteiger partial charge in [-0.15, -0.1) is 0 Å². The molecule has 3 aliphatic heterocycles. The van der Waals surface area contributed by atoms with Crippen LogP contribution >= 0.6 is 11.6 Å². The van der Waals surface area contributed by atoms with Crippen molar-refractivity contribution in [1.82, 2.24) is 10.3 Å². The average Bonchev–Trinajstić information content (AvgIpc) is 3.98. The number of epoxide rings is 1. The molecule has 6 atom stereocenters. The van der Waals surface area contributed by atoms with Crippen molar-refractivity contribution < 1.29 is 38.5 Å². The molecule has 4 heterocycles. The summed E-state index contributed by atoms with van der Waals surface area (Å²) in [5, 5.41) is 31.1. The van der Waals surface area contributed by atoms with Gasteiger partial charge in [0.2, 0.25) is 11.5 Å². The summed E-state index contributed by atoms with van der Waals surface area (Å²) in [6, 6.07) is 25.6. The second-order valence-corrected chi connectivity index (χ2v) is 16.2. The number of ether oxygens (including phenoxy) is 3. The molecule has 0 radical (unpaired) electrons. The number of fused-ring (bicyclic) bond motifs is 6. The largest absolute Gasteiger partial charge is 0.506 e. The lowest BCUT2D eigenvalue weighted by molar-refractivity contribution is -0.938. The van der Waals surface area contributed by atoms with Crippen molar-refractivity contribution in [3.63, 3.8) is 0 Å². The average molecular weight is 809 g/mol. The van der Waals surface area contributed by atoms with Gasteiger partial charge in [0.15, 0.2) is 0 Å². The van der Waals surface area contributed by atoms with Gasteiger partial charge in [0, 0.05) is 61.0 Å². The summed E-state index contributed by atoms with van der Waals surface area (Å²) < 4.78 is 18.4. The van der Waals surface area contributed by atoms with Gasteiger partial charge in [-0.25, -0.2) is 4.79 Å². The van der Waals surface area contributed by atoms with E-state index in [9.17, 15) is 24.6 Å². The molecule has 0 spiro atoms. The molecule has 0 saturated carbocycles. The Hall–Kier alpha value is -5.44. The Labute approximate surface area is 340 Å². The summed E-state index contributed by atoms with van der Waals surface area (Å²) in [4.78, 5) is 41.0. The van der Waals surface area contributed by atoms with Gasteiger partial charge in [-0.05, 0) is 47.4 Å². The lowest BCUT2D eigenvalue weighted by atomic mass is 9.96. The van der Waals surface area contributed by atoms with Crippen LogP contribution in [-0.4, -0.2) is 89.8 Å². The van der Waals surface area contributed by atoms with Gasteiger partial charge in [-0.2, -0.15) is 0 Å². The number of pyridine rings is 1. The Morgan fingerprint density at radius 3 is 2.47 bits per heavy atom. The first-order valence-corrected chi connectivity index (χ1v) is 19.8. The Morgan fingerprint density at radius 2 is 1.72 bits per heavy atom. The number of methoxy groups -OCH3 is 1. The van der Waals surface area contributed by atoms with Crippen LogP contribution in [0.1, 0.15) is 42.1 Å². The first-order valence-electron chi connectivity index (χ1n) is 19.4. The smallest absolute Gasteiger partial charge is 0.411 e. The second kappa shape index (κ2) is 16.1. The quantitative estimate of drug-likeness (QED) is 0.0593. The molecular weight excluding hydrogens is 762 g/mol. The summed E-state index contributed by atoms with van der Waals surface area (Å²) in [6.07, 6.45) is 0.983. The number of nitrogens with one attached hydrogen (secondary N) is 4. The van der Waals surface area contributed by atoms with Gasteiger partial charge in [-0.1, -0.05) is 60.1 Å². The first-order chi connectivity index (χ1) is 27.9. The van der Waals surface area contributed by atoms with E-state index in [-0.39, 0.29) is 54.0 Å². The number of aryl methyl sites for hydroxylation is 1. The number of likely N-dealkylation sites (N-methyl/N-ethyl adjacent to an activating group) is 1. The van der Waals surface area contributed by atoms with Gasteiger partial charge in [0.25, 0.3) is 0 Å². The molecule has 6 N–H and O–H groups in total. The molecule has 0 aliphatic carbocycles. The number of anilines is 2. The van der Waals surface area contributed by atoms with Crippen molar-refractivity contribution in [2.75, 3.05) is 38.4 Å². The number of phenolic OH excluding ortho intramolecular Hbond substituents is 1. The predicted molar refractivity (Wildman–Crippen MR) is 221 cm³/mol. The highest BCUT2D eigenvalue weighted by molar-refractivity contribution is 6.33. The highest BCUT2D eigenvalue weighted by atomic mass is 35.5. The van der Waals surface area contributed by atoms with Crippen LogP contribution in [0.25, 0.3) is 22.0 Å². The number of benzene rings is 4. The number of carbonyl (C=O) groups excluding carboxylic acids is 2. The van der Waals surface area contributed by atoms with Crippen LogP contribution in [0.4, 0.5) is 16.2 Å². The van der Waals surface area contributed by atoms with E-state index in [1.807, 2.05) is 48.5 Å². The van der Waals surface area contributed by atoms with E-state index in [0.29, 0.717) is 63.7 Å². The Balaban J connectivity index is 0.884. The zero-order valence-electron chi connectivity index (χ0n) is 32.5. The van der Waals surface area contributed by atoms with Gasteiger partial charge in [0.05, 0.1) is 49.2 Å². The van der Waals surface area contributed by atoms with Crippen molar-refractivity contribution >= 4 is 45.9 Å². The molecule has 3 fully saturated rings. The number of rotatable bonds is 13. The molecular formula is C44H47ClN5O8+. The van der Waals surface area contributed by atoms with Crippen molar-refractivity contribution in [3.05, 3.63) is 117 Å². The fourth-order valence-corrected chi connectivity index (χ4v) is 9.04. The Morgan fingerprint density at radius 1 is 0.966 bits per heavy atom. The monoisotopic (exact) mass is 808 g/mol. The molecule has 13 nitrogen and oxygen atoms in total. The number of nitrogens with zero attached hydrogens (tertiary/aromatic N) is 1. The molecule has 58 heavy (non-hydrogen) atoms. The number of morpholine rings is 1. The predicted octanol–water partition coefficient (Wildman–Crippen LogP) is 6.26. The molecule has 8 rings (SSSR count). The molecule has 14 heteroatoms. The maximum atomic E-state index is 13.4. The Kier molecular flexibility index (Phi) is 10.9. The minimum atomic E-state index is -0.950. The van der Waals surface area contributed by atoms with Crippen molar-refractivity contribution in [2.45, 2.75) is 68.7 Å². The topological polar surface area (TPSA) is 175 Å². The third-order valence-corrected chi connectivity index (χ3v) is 12.2. The zero-order chi connectivity index (χ0) is 40.7. The van der Waals surface area contributed by atoms with Crippen LogP contribution in [0.2, 0.25) is 5.02 Å². The van der Waals surface area contributed by atoms with Crippen molar-refractivity contribution in [2.24, 2.45) is 0 Å². The standard InChI is InChI=1S/C44H46ClN5O8/c1-50(2)34-19-27(20-35(50)43-42(34)58-43)57-44(55)48-32-17-24(9-11-28(32)25-7-5-4-6-8-25)10-15-39(53)47-33-21-38(56-3)26(18-31(33)45)22-46-23-37(52)29-12-14-36(51)41-30(29)13-16-40(54)49-41/h4-9,11-14,16-18,21,27,34-35,37,42-43,46,52H,10,15,19-20,22-23H2,1-3H3,(H3-,47,48,49,51,53,54,55)/p+1/t27?,34-,35+,37-,42-,43+/m0/s1. The zero-order valence-corrected chi connectivity index (χ0v) is 33.2. The number of aromatic hydroxyl groups is 1. The van der Waals surface area contributed by atoms with E-state index < -0.39 is 12.2 Å². The number of amides is 2. The molecule has 5 aromatic rings. The first kappa shape index (κ1) is 39.4. The molecule has 4 aromatic carbocycles. The number of aromatic amines is 1. The van der Waals surface area contributed by atoms with Crippen LogP contribution in [-0.2, 0) is 27.2 Å². The van der Waals surface area contributed by atoms with Crippen LogP contribution in [0.5, 0.6) is 11.5 Å². The fourth-order valence-electron chi connectivity index (χ4n) is 8.80. The maximum Gasteiger partial charge on any atom is 0.411 e. The molecule has 3 aliphatic rings. The summed E-state index contributed by atoms with van der Waals surface area (Å²) >= 11 is 6.65. The summed E-state index contributed by atoms with van der Waals surface area (Å²) in [7, 11) is 6.00. The minimum Gasteiger partial charge on any atom is -0.506 e. The van der Waals surface area contributed by atoms with Crippen LogP contribution in [0, 0.1) is 0 Å². The number of phenols is 1. The van der Waals surface area contributed by atoms with Gasteiger partial charge in [-0.3, -0.25) is 14.9 Å². The van der Waals surface area contributed by atoms with E-state index >= 15 is 0 Å². The van der Waals surface area contributed by atoms with Gasteiger partial charge < -0.3 is 44.5 Å². The summed E-state index contributed by atoms with van der Waals surface area (Å²) in [6.45, 7) is 0.442. The minimum absolute atomic E-state index is 0.0847. The van der Waals surface area contributed by atoms with E-state index in [1.165, 1.54) is 19.2 Å². The third-order valence-electron chi connectivity index (χ3n) is 11.9. The molecule has 2 amide bonds. The third kappa shape index (κ3) is 8.00. The second-order valence-electron chi connectivity index (χ2n) is 15.8. The summed E-state index contributed by atoms with van der Waals surface area (Å²) in [5.74, 6) is 0.150. The van der Waals surface area contributed by atoms with Crippen molar-refractivity contribution in [3.8, 4) is 22.6 Å². The number of halogens is 1. The maximum absolute atomic E-state index is 13.4. The normalized spacial score (nSPS) is 21.8. The number of H-pyrrole nitrogens is 1. The van der Waals surface area contributed by atoms with Crippen LogP contribution < -0.4 is 26.2 Å². The van der Waals surface area contributed by atoms with Crippen LogP contribution in [0.3, 0.4) is 0 Å². The summed E-state index contributed by atoms with van der Waals surface area (Å²) in [5.41, 5.74) is 4.79. The molecule has 1 aromatic heterocycles. The number of hydrogen-bond donors (Lipinski definition) is 6. The molecule has 1 unspecified atom stereocenters. The SMILES string of the molecule is COc1cc(NC(=O)CCc2ccc(-c3ccccc3)c(NC(=O)OC3C[C@@H]4[C@H]5O[C@H]5[C@H](C3)[N+]4(C)C)c2)c(Cl)cc1CNC[C@H](O)c1ccc(O)c2[nH]c(=O)ccc12. The molecule has 2 bridgehead atoms. The number of hydrogen-bond acceptors (Lipinski definition) is 9. The number of aliphatic hydroxyl groups excluding tert-OH is 1. The Bertz CT molecular complexity index is 2400. The number of piperidine rings is 1. The van der Waals surface area contributed by atoms with E-state index in [2.05, 4.69) is 35.0 Å². The number of aliphatic hydroxyl groups is 1. The highest BCUT2D eigenvalue weighted by Gasteiger charge is 2.70.